The van der Waals surface area contributed by atoms with Crippen LogP contribution >= 0.6 is 0 Å². The Hall–Kier alpha value is -2.30. The van der Waals surface area contributed by atoms with Crippen LogP contribution in [0.2, 0.25) is 0 Å². The second-order valence-corrected chi connectivity index (χ2v) is 6.95. The first-order valence-corrected chi connectivity index (χ1v) is 8.04. The molecule has 24 heavy (non-hydrogen) atoms. The van der Waals surface area contributed by atoms with Crippen molar-refractivity contribution in [1.29, 1.82) is 0 Å². The average Bonchev–Trinajstić information content (AvgIpc) is 2.45. The van der Waals surface area contributed by atoms with Gasteiger partial charge in [0.15, 0.2) is 0 Å². The van der Waals surface area contributed by atoms with Crippen LogP contribution in [0, 0.1) is 0 Å². The third kappa shape index (κ3) is 6.86. The molecule has 0 aliphatic rings. The number of hydrogen-bond acceptors (Lipinski definition) is 3. The van der Waals surface area contributed by atoms with E-state index in [9.17, 15) is 9.59 Å². The summed E-state index contributed by atoms with van der Waals surface area (Å²) in [7, 11) is 1.63. The van der Waals surface area contributed by atoms with Crippen molar-refractivity contribution in [1.82, 2.24) is 10.6 Å². The smallest absolute Gasteiger partial charge is 0.244 e. The van der Waals surface area contributed by atoms with E-state index in [2.05, 4.69) is 10.6 Å². The predicted octanol–water partition coefficient (Wildman–Crippen LogP) is 2.60. The van der Waals surface area contributed by atoms with E-state index in [1.165, 1.54) is 6.08 Å². The van der Waals surface area contributed by atoms with E-state index in [-0.39, 0.29) is 17.4 Å². The van der Waals surface area contributed by atoms with E-state index < -0.39 is 6.04 Å². The molecule has 0 radical (unpaired) electrons. The van der Waals surface area contributed by atoms with Crippen molar-refractivity contribution in [2.45, 2.75) is 52.6 Å². The van der Waals surface area contributed by atoms with Gasteiger partial charge in [-0.25, -0.2) is 0 Å². The van der Waals surface area contributed by atoms with Crippen LogP contribution in [-0.4, -0.2) is 30.5 Å². The molecule has 5 nitrogen and oxygen atoms in total. The van der Waals surface area contributed by atoms with Crippen molar-refractivity contribution in [3.8, 4) is 5.75 Å². The van der Waals surface area contributed by atoms with Gasteiger partial charge in [-0.15, -0.1) is 0 Å². The van der Waals surface area contributed by atoms with E-state index in [1.807, 2.05) is 52.0 Å². The summed E-state index contributed by atoms with van der Waals surface area (Å²) in [6.45, 7) is 9.25. The van der Waals surface area contributed by atoms with Crippen LogP contribution in [0.4, 0.5) is 0 Å². The number of benzene rings is 1. The van der Waals surface area contributed by atoms with Gasteiger partial charge in [0, 0.05) is 11.6 Å². The third-order valence-corrected chi connectivity index (χ3v) is 3.29. The van der Waals surface area contributed by atoms with Gasteiger partial charge in [0.1, 0.15) is 11.8 Å². The van der Waals surface area contributed by atoms with Crippen LogP contribution < -0.4 is 15.4 Å². The average molecular weight is 332 g/mol. The minimum absolute atomic E-state index is 0.202. The number of amides is 2. The van der Waals surface area contributed by atoms with Crippen LogP contribution in [0.5, 0.6) is 5.75 Å². The molecule has 1 rings (SSSR count). The highest BCUT2D eigenvalue weighted by atomic mass is 16.5. The molecule has 5 heteroatoms. The second-order valence-electron chi connectivity index (χ2n) is 6.95. The Balaban J connectivity index is 2.65. The summed E-state index contributed by atoms with van der Waals surface area (Å²) in [5, 5.41) is 5.53. The zero-order valence-electron chi connectivity index (χ0n) is 15.4. The topological polar surface area (TPSA) is 67.4 Å². The molecule has 0 bridgehead atoms. The molecule has 0 aliphatic heterocycles. The van der Waals surface area contributed by atoms with Crippen molar-refractivity contribution < 1.29 is 14.3 Å². The molecule has 0 saturated carbocycles. The van der Waals surface area contributed by atoms with Crippen molar-refractivity contribution in [2.75, 3.05) is 7.11 Å². The predicted molar refractivity (Wildman–Crippen MR) is 96.0 cm³/mol. The second kappa shape index (κ2) is 8.52. The molecule has 0 saturated heterocycles. The molecule has 0 aliphatic carbocycles. The molecular formula is C19H28N2O3. The largest absolute Gasteiger partial charge is 0.496 e. The Morgan fingerprint density at radius 1 is 1.25 bits per heavy atom. The van der Waals surface area contributed by atoms with E-state index in [4.69, 9.17) is 4.74 Å². The summed E-state index contributed by atoms with van der Waals surface area (Å²) in [5.74, 6) is 0.314. The van der Waals surface area contributed by atoms with E-state index >= 15 is 0 Å². The molecule has 0 fully saturated rings. The molecule has 1 unspecified atom stereocenters. The lowest BCUT2D eigenvalue weighted by Crippen LogP contribution is -2.50. The van der Waals surface area contributed by atoms with E-state index in [0.717, 1.165) is 16.9 Å². The maximum atomic E-state index is 12.1. The number of ether oxygens (including phenoxy) is 1. The molecule has 0 heterocycles. The van der Waals surface area contributed by atoms with Gasteiger partial charge in [0.05, 0.1) is 7.11 Å². The first kappa shape index (κ1) is 19.7. The number of hydrogen-bond donors (Lipinski definition) is 2. The van der Waals surface area contributed by atoms with Crippen LogP contribution in [0.25, 0.3) is 0 Å². The first-order valence-electron chi connectivity index (χ1n) is 8.04. The molecule has 0 aromatic heterocycles. The van der Waals surface area contributed by atoms with Gasteiger partial charge in [-0.05, 0) is 52.7 Å². The lowest BCUT2D eigenvalue weighted by atomic mass is 10.0. The fourth-order valence-electron chi connectivity index (χ4n) is 2.22. The molecule has 132 valence electrons. The van der Waals surface area contributed by atoms with Gasteiger partial charge >= 0.3 is 0 Å². The van der Waals surface area contributed by atoms with Gasteiger partial charge in [-0.3, -0.25) is 9.59 Å². The van der Waals surface area contributed by atoms with Gasteiger partial charge in [0.25, 0.3) is 0 Å². The SMILES string of the molecule is COc1ccccc1C/C(C)=C\C(=O)NC(C)C(=O)NC(C)(C)C. The molecular weight excluding hydrogens is 304 g/mol. The normalized spacial score (nSPS) is 13.2. The third-order valence-electron chi connectivity index (χ3n) is 3.29. The van der Waals surface area contributed by atoms with Crippen molar-refractivity contribution in [3.05, 3.63) is 41.5 Å². The maximum Gasteiger partial charge on any atom is 0.244 e. The maximum absolute atomic E-state index is 12.1. The molecule has 2 N–H and O–H groups in total. The Kier molecular flexibility index (Phi) is 7.01. The van der Waals surface area contributed by atoms with Crippen LogP contribution in [0.15, 0.2) is 35.9 Å². The molecule has 2 amide bonds. The summed E-state index contributed by atoms with van der Waals surface area (Å²) in [6, 6.07) is 7.11. The number of carbonyl (C=O) groups is 2. The molecule has 1 atom stereocenters. The Labute approximate surface area is 144 Å². The summed E-state index contributed by atoms with van der Waals surface area (Å²) < 4.78 is 5.31. The first-order chi connectivity index (χ1) is 11.1. The van der Waals surface area contributed by atoms with Gasteiger partial charge in [-0.2, -0.15) is 0 Å². The Morgan fingerprint density at radius 3 is 2.46 bits per heavy atom. The van der Waals surface area contributed by atoms with Crippen molar-refractivity contribution in [2.24, 2.45) is 0 Å². The standard InChI is InChI=1S/C19H28N2O3/c1-13(11-15-9-7-8-10-16(15)24-6)12-17(22)20-14(2)18(23)21-19(3,4)5/h7-10,12,14H,11H2,1-6H3,(H,20,22)(H,21,23)/b13-12-. The fourth-order valence-corrected chi connectivity index (χ4v) is 2.22. The number of carbonyl (C=O) groups excluding carboxylic acids is 2. The number of para-hydroxylation sites is 1. The van der Waals surface area contributed by atoms with E-state index in [1.54, 1.807) is 14.0 Å². The summed E-state index contributed by atoms with van der Waals surface area (Å²) in [4.78, 5) is 24.1. The summed E-state index contributed by atoms with van der Waals surface area (Å²) >= 11 is 0. The number of rotatable bonds is 6. The lowest BCUT2D eigenvalue weighted by Gasteiger charge is -2.23. The number of nitrogens with one attached hydrogen (secondary N) is 2. The zero-order chi connectivity index (χ0) is 18.3. The highest BCUT2D eigenvalue weighted by molar-refractivity contribution is 5.93. The molecule has 0 spiro atoms. The highest BCUT2D eigenvalue weighted by Gasteiger charge is 2.20. The zero-order valence-corrected chi connectivity index (χ0v) is 15.4. The van der Waals surface area contributed by atoms with Crippen molar-refractivity contribution >= 4 is 11.8 Å². The minimum Gasteiger partial charge on any atom is -0.496 e. The monoisotopic (exact) mass is 332 g/mol. The Morgan fingerprint density at radius 2 is 1.88 bits per heavy atom. The quantitative estimate of drug-likeness (QED) is 0.787. The van der Waals surface area contributed by atoms with Crippen LogP contribution in [-0.2, 0) is 16.0 Å². The van der Waals surface area contributed by atoms with Crippen LogP contribution in [0.3, 0.4) is 0 Å². The van der Waals surface area contributed by atoms with Gasteiger partial charge in [-0.1, -0.05) is 23.8 Å². The number of allylic oxidation sites excluding steroid dienone is 1. The molecule has 1 aromatic carbocycles. The van der Waals surface area contributed by atoms with Gasteiger partial charge in [0.2, 0.25) is 11.8 Å². The Bertz CT molecular complexity index is 615. The van der Waals surface area contributed by atoms with Gasteiger partial charge < -0.3 is 15.4 Å². The highest BCUT2D eigenvalue weighted by Crippen LogP contribution is 2.20. The summed E-state index contributed by atoms with van der Waals surface area (Å²) in [5.41, 5.74) is 1.58. The summed E-state index contributed by atoms with van der Waals surface area (Å²) in [6.07, 6.45) is 2.13. The lowest BCUT2D eigenvalue weighted by molar-refractivity contribution is -0.127. The minimum atomic E-state index is -0.591. The van der Waals surface area contributed by atoms with Crippen LogP contribution in [0.1, 0.15) is 40.2 Å². The number of methoxy groups -OCH3 is 1. The molecule has 1 aromatic rings. The fraction of sp³-hybridized carbons (Fsp3) is 0.474. The van der Waals surface area contributed by atoms with Crippen molar-refractivity contribution in [3.63, 3.8) is 0 Å². The van der Waals surface area contributed by atoms with E-state index in [0.29, 0.717) is 6.42 Å².